The van der Waals surface area contributed by atoms with E-state index in [1.165, 1.54) is 20.3 Å². The van der Waals surface area contributed by atoms with Gasteiger partial charge in [-0.05, 0) is 26.3 Å². The van der Waals surface area contributed by atoms with Crippen LogP contribution in [0.15, 0.2) is 11.6 Å². The maximum Gasteiger partial charge on any atom is 0.334 e. The number of methoxy groups -OCH3 is 2. The van der Waals surface area contributed by atoms with Gasteiger partial charge in [-0.15, -0.1) is 0 Å². The van der Waals surface area contributed by atoms with Crippen LogP contribution in [-0.2, 0) is 28.5 Å². The van der Waals surface area contributed by atoms with E-state index in [-0.39, 0.29) is 29.8 Å². The zero-order chi connectivity index (χ0) is 15.4. The Morgan fingerprint density at radius 3 is 2.67 bits per heavy atom. The van der Waals surface area contributed by atoms with Crippen LogP contribution < -0.4 is 0 Å². The van der Waals surface area contributed by atoms with E-state index in [1.54, 1.807) is 0 Å². The van der Waals surface area contributed by atoms with E-state index in [1.807, 2.05) is 13.8 Å². The molecule has 0 amide bonds. The van der Waals surface area contributed by atoms with Gasteiger partial charge in [0.25, 0.3) is 0 Å². The molecule has 3 rings (SSSR count). The number of ketones is 1. The molecule has 6 nitrogen and oxygen atoms in total. The average Bonchev–Trinajstić information content (AvgIpc) is 2.89. The molecule has 116 valence electrons. The summed E-state index contributed by atoms with van der Waals surface area (Å²) in [5.41, 5.74) is 0.403. The van der Waals surface area contributed by atoms with Crippen molar-refractivity contribution in [2.24, 2.45) is 11.8 Å². The van der Waals surface area contributed by atoms with E-state index >= 15 is 0 Å². The summed E-state index contributed by atoms with van der Waals surface area (Å²) in [6, 6.07) is 0. The van der Waals surface area contributed by atoms with Crippen LogP contribution in [-0.4, -0.2) is 50.1 Å². The first kappa shape index (κ1) is 14.7. The molecule has 0 bridgehead atoms. The maximum absolute atomic E-state index is 12.2. The molecule has 5 atom stereocenters. The molecule has 0 N–H and O–H groups in total. The van der Waals surface area contributed by atoms with Gasteiger partial charge in [0.2, 0.25) is 0 Å². The smallest absolute Gasteiger partial charge is 0.334 e. The summed E-state index contributed by atoms with van der Waals surface area (Å²) in [4.78, 5) is 24.2. The predicted molar refractivity (Wildman–Crippen MR) is 71.3 cm³/mol. The molecule has 1 saturated carbocycles. The van der Waals surface area contributed by atoms with Crippen molar-refractivity contribution in [3.8, 4) is 0 Å². The number of ether oxygens (including phenoxy) is 4. The molecule has 1 saturated heterocycles. The largest absolute Gasteiger partial charge is 0.466 e. The van der Waals surface area contributed by atoms with Crippen molar-refractivity contribution >= 4 is 11.8 Å². The van der Waals surface area contributed by atoms with Crippen LogP contribution in [0.25, 0.3) is 0 Å². The molecule has 0 aromatic rings. The van der Waals surface area contributed by atoms with Gasteiger partial charge in [-0.25, -0.2) is 4.79 Å². The molecule has 0 spiro atoms. The summed E-state index contributed by atoms with van der Waals surface area (Å²) in [6.07, 6.45) is 1.01. The van der Waals surface area contributed by atoms with E-state index in [0.29, 0.717) is 12.0 Å². The van der Waals surface area contributed by atoms with Gasteiger partial charge in [-0.3, -0.25) is 4.79 Å². The Morgan fingerprint density at radius 2 is 2.05 bits per heavy atom. The quantitative estimate of drug-likeness (QED) is 0.703. The molecular weight excluding hydrogens is 276 g/mol. The summed E-state index contributed by atoms with van der Waals surface area (Å²) >= 11 is 0. The normalized spacial score (nSPS) is 40.5. The molecule has 2 aliphatic carbocycles. The fourth-order valence-electron chi connectivity index (χ4n) is 3.86. The second-order valence-electron chi connectivity index (χ2n) is 6.21. The zero-order valence-electron chi connectivity index (χ0n) is 12.6. The summed E-state index contributed by atoms with van der Waals surface area (Å²) in [5.74, 6) is -1.70. The lowest BCUT2D eigenvalue weighted by Gasteiger charge is -2.34. The summed E-state index contributed by atoms with van der Waals surface area (Å²) < 4.78 is 22.0. The topological polar surface area (TPSA) is 71.1 Å². The first-order valence-corrected chi connectivity index (χ1v) is 7.10. The summed E-state index contributed by atoms with van der Waals surface area (Å²) in [5, 5.41) is 0. The van der Waals surface area contributed by atoms with Gasteiger partial charge in [-0.1, -0.05) is 0 Å². The lowest BCUT2D eigenvalue weighted by atomic mass is 9.77. The molecule has 0 aromatic carbocycles. The van der Waals surface area contributed by atoms with E-state index < -0.39 is 17.9 Å². The molecule has 1 aliphatic heterocycles. The van der Waals surface area contributed by atoms with Crippen LogP contribution in [0.2, 0.25) is 0 Å². The lowest BCUT2D eigenvalue weighted by molar-refractivity contribution is -0.169. The first-order chi connectivity index (χ1) is 9.88. The van der Waals surface area contributed by atoms with Crippen molar-refractivity contribution in [2.75, 3.05) is 14.2 Å². The van der Waals surface area contributed by atoms with Crippen LogP contribution in [0.4, 0.5) is 0 Å². The molecule has 3 aliphatic rings. The first-order valence-electron chi connectivity index (χ1n) is 7.10. The van der Waals surface area contributed by atoms with Crippen molar-refractivity contribution in [1.29, 1.82) is 0 Å². The number of carbonyl (C=O) groups excluding carboxylic acids is 2. The standard InChI is InChI=1S/C15H20O6/c1-15(2)20-10-6-7-8(14(17)19-4)5-9(16)12(18-3)11(7)13(10)21-15/h5,7,10-13H,6H2,1-4H3/t7-,10+,11-,12-,13+/m0/s1. The van der Waals surface area contributed by atoms with Gasteiger partial charge in [0, 0.05) is 24.5 Å². The third-order valence-corrected chi connectivity index (χ3v) is 4.55. The fraction of sp³-hybridized carbons (Fsp3) is 0.733. The Balaban J connectivity index is 1.97. The van der Waals surface area contributed by atoms with Crippen molar-refractivity contribution in [3.63, 3.8) is 0 Å². The molecule has 0 radical (unpaired) electrons. The van der Waals surface area contributed by atoms with Crippen LogP contribution in [0.1, 0.15) is 20.3 Å². The second kappa shape index (κ2) is 4.90. The average molecular weight is 296 g/mol. The van der Waals surface area contributed by atoms with E-state index in [0.717, 1.165) is 0 Å². The van der Waals surface area contributed by atoms with E-state index in [9.17, 15) is 9.59 Å². The van der Waals surface area contributed by atoms with Crippen molar-refractivity contribution in [1.82, 2.24) is 0 Å². The molecule has 0 unspecified atom stereocenters. The number of esters is 1. The molecule has 21 heavy (non-hydrogen) atoms. The molecule has 0 aromatic heterocycles. The summed E-state index contributed by atoms with van der Waals surface area (Å²) in [7, 11) is 2.82. The van der Waals surface area contributed by atoms with Gasteiger partial charge in [0.1, 0.15) is 6.10 Å². The number of fused-ring (bicyclic) bond motifs is 3. The maximum atomic E-state index is 12.2. The molecule has 1 heterocycles. The minimum Gasteiger partial charge on any atom is -0.466 e. The third kappa shape index (κ3) is 2.22. The van der Waals surface area contributed by atoms with Gasteiger partial charge in [0.15, 0.2) is 11.6 Å². The Bertz CT molecular complexity index is 508. The monoisotopic (exact) mass is 296 g/mol. The van der Waals surface area contributed by atoms with Crippen LogP contribution in [0.5, 0.6) is 0 Å². The Labute approximate surface area is 123 Å². The fourth-order valence-corrected chi connectivity index (χ4v) is 3.86. The van der Waals surface area contributed by atoms with Crippen molar-refractivity contribution in [3.05, 3.63) is 11.6 Å². The minimum absolute atomic E-state index is 0.133. The molecular formula is C15H20O6. The van der Waals surface area contributed by atoms with E-state index in [4.69, 9.17) is 18.9 Å². The number of hydrogen-bond donors (Lipinski definition) is 0. The van der Waals surface area contributed by atoms with Gasteiger partial charge < -0.3 is 18.9 Å². The highest BCUT2D eigenvalue weighted by atomic mass is 16.8. The van der Waals surface area contributed by atoms with Crippen molar-refractivity contribution in [2.45, 2.75) is 44.4 Å². The zero-order valence-corrected chi connectivity index (χ0v) is 12.6. The third-order valence-electron chi connectivity index (χ3n) is 4.55. The highest BCUT2D eigenvalue weighted by molar-refractivity contribution is 6.03. The SMILES string of the molecule is COC(=O)C1=CC(=O)[C@H](OC)[C@H]2[C@@H]3OC(C)(C)O[C@@H]3C[C@@H]12. The Morgan fingerprint density at radius 1 is 1.33 bits per heavy atom. The number of hydrogen-bond acceptors (Lipinski definition) is 6. The van der Waals surface area contributed by atoms with Gasteiger partial charge >= 0.3 is 5.97 Å². The van der Waals surface area contributed by atoms with Gasteiger partial charge in [-0.2, -0.15) is 0 Å². The number of rotatable bonds is 2. The second-order valence-corrected chi connectivity index (χ2v) is 6.21. The lowest BCUT2D eigenvalue weighted by Crippen LogP contribution is -2.45. The molecule has 6 heteroatoms. The summed E-state index contributed by atoms with van der Waals surface area (Å²) in [6.45, 7) is 3.70. The van der Waals surface area contributed by atoms with E-state index in [2.05, 4.69) is 0 Å². The van der Waals surface area contributed by atoms with Crippen LogP contribution >= 0.6 is 0 Å². The Kier molecular flexibility index (Phi) is 3.43. The highest BCUT2D eigenvalue weighted by Crippen LogP contribution is 2.50. The minimum atomic E-state index is -0.672. The number of carbonyl (C=O) groups is 2. The van der Waals surface area contributed by atoms with Gasteiger partial charge in [0.05, 0.1) is 19.3 Å². The van der Waals surface area contributed by atoms with Crippen LogP contribution in [0, 0.1) is 11.8 Å². The van der Waals surface area contributed by atoms with Crippen LogP contribution in [0.3, 0.4) is 0 Å². The Hall–Kier alpha value is -1.24. The predicted octanol–water partition coefficient (Wildman–Crippen LogP) is 0.840. The van der Waals surface area contributed by atoms with Crippen molar-refractivity contribution < 1.29 is 28.5 Å². The molecule has 2 fully saturated rings. The highest BCUT2D eigenvalue weighted by Gasteiger charge is 2.59.